The fourth-order valence-electron chi connectivity index (χ4n) is 3.69. The van der Waals surface area contributed by atoms with Gasteiger partial charge in [-0.3, -0.25) is 9.48 Å². The molecule has 138 valence electrons. The number of carboxylic acids is 1. The van der Waals surface area contributed by atoms with E-state index in [0.29, 0.717) is 12.2 Å². The third-order valence-electron chi connectivity index (χ3n) is 4.82. The van der Waals surface area contributed by atoms with Crippen molar-refractivity contribution < 1.29 is 19.4 Å². The molecule has 3 rings (SSSR count). The molecular formula is C20H24N2O4. The molecule has 1 atom stereocenters. The van der Waals surface area contributed by atoms with Gasteiger partial charge in [-0.2, -0.15) is 5.10 Å². The van der Waals surface area contributed by atoms with E-state index < -0.39 is 11.9 Å². The molecule has 1 heterocycles. The normalized spacial score (nSPS) is 16.1. The monoisotopic (exact) mass is 356 g/mol. The average Bonchev–Trinajstić information content (AvgIpc) is 3.01. The molecule has 0 spiro atoms. The molecule has 6 heteroatoms. The maximum Gasteiger partial charge on any atom is 0.359 e. The summed E-state index contributed by atoms with van der Waals surface area (Å²) < 4.78 is 7.04. The number of ether oxygens (including phenoxy) is 1. The SMILES string of the molecule is CCOC(=O)c1nn(CCc2ccccc2)c2c1C(CC(=O)O)CCC2. The fraction of sp³-hybridized carbons (Fsp3) is 0.450. The van der Waals surface area contributed by atoms with Crippen molar-refractivity contribution in [2.75, 3.05) is 6.61 Å². The van der Waals surface area contributed by atoms with E-state index in [2.05, 4.69) is 17.2 Å². The van der Waals surface area contributed by atoms with Crippen molar-refractivity contribution in [3.8, 4) is 0 Å². The average molecular weight is 356 g/mol. The van der Waals surface area contributed by atoms with Crippen LogP contribution in [0.15, 0.2) is 30.3 Å². The Labute approximate surface area is 152 Å². The lowest BCUT2D eigenvalue weighted by molar-refractivity contribution is -0.137. The quantitative estimate of drug-likeness (QED) is 0.771. The smallest absolute Gasteiger partial charge is 0.359 e. The molecule has 0 saturated carbocycles. The van der Waals surface area contributed by atoms with Crippen molar-refractivity contribution >= 4 is 11.9 Å². The van der Waals surface area contributed by atoms with Crippen molar-refractivity contribution in [2.24, 2.45) is 0 Å². The summed E-state index contributed by atoms with van der Waals surface area (Å²) in [6.45, 7) is 2.69. The number of fused-ring (bicyclic) bond motifs is 1. The van der Waals surface area contributed by atoms with Crippen LogP contribution in [-0.4, -0.2) is 33.4 Å². The zero-order chi connectivity index (χ0) is 18.5. The molecule has 0 saturated heterocycles. The minimum Gasteiger partial charge on any atom is -0.481 e. The van der Waals surface area contributed by atoms with Gasteiger partial charge in [-0.25, -0.2) is 4.79 Å². The van der Waals surface area contributed by atoms with Crippen LogP contribution >= 0.6 is 0 Å². The molecule has 1 aromatic heterocycles. The summed E-state index contributed by atoms with van der Waals surface area (Å²) in [5.74, 6) is -1.49. The second-order valence-electron chi connectivity index (χ2n) is 6.58. The second kappa shape index (κ2) is 8.17. The Morgan fingerprint density at radius 3 is 2.77 bits per heavy atom. The molecule has 6 nitrogen and oxygen atoms in total. The van der Waals surface area contributed by atoms with Gasteiger partial charge in [0.05, 0.1) is 13.0 Å². The number of aliphatic carboxylic acids is 1. The van der Waals surface area contributed by atoms with E-state index in [4.69, 9.17) is 4.74 Å². The second-order valence-corrected chi connectivity index (χ2v) is 6.58. The highest BCUT2D eigenvalue weighted by Gasteiger charge is 2.33. The minimum atomic E-state index is -0.852. The molecule has 26 heavy (non-hydrogen) atoms. The van der Waals surface area contributed by atoms with Gasteiger partial charge in [0, 0.05) is 17.8 Å². The number of nitrogens with zero attached hydrogens (tertiary/aromatic N) is 2. The standard InChI is InChI=1S/C20H24N2O4/c1-2-26-20(25)19-18-15(13-17(23)24)9-6-10-16(18)22(21-19)12-11-14-7-4-3-5-8-14/h3-5,7-8,15H,2,6,9-13H2,1H3,(H,23,24). The Kier molecular flexibility index (Phi) is 5.71. The Hall–Kier alpha value is -2.63. The Morgan fingerprint density at radius 1 is 1.31 bits per heavy atom. The maximum atomic E-state index is 12.4. The molecule has 0 amide bonds. The van der Waals surface area contributed by atoms with Crippen molar-refractivity contribution in [3.63, 3.8) is 0 Å². The van der Waals surface area contributed by atoms with E-state index in [1.54, 1.807) is 6.92 Å². The van der Waals surface area contributed by atoms with Gasteiger partial charge >= 0.3 is 11.9 Å². The molecule has 1 unspecified atom stereocenters. The van der Waals surface area contributed by atoms with Crippen LogP contribution in [0.4, 0.5) is 0 Å². The maximum absolute atomic E-state index is 12.4. The molecule has 1 aliphatic carbocycles. The van der Waals surface area contributed by atoms with Crippen molar-refractivity contribution in [3.05, 3.63) is 52.8 Å². The predicted molar refractivity (Wildman–Crippen MR) is 96.3 cm³/mol. The molecular weight excluding hydrogens is 332 g/mol. The molecule has 2 aromatic rings. The number of benzene rings is 1. The van der Waals surface area contributed by atoms with Crippen molar-refractivity contribution in [2.45, 2.75) is 51.5 Å². The van der Waals surface area contributed by atoms with Crippen molar-refractivity contribution in [1.82, 2.24) is 9.78 Å². The first kappa shape index (κ1) is 18.2. The number of carbonyl (C=O) groups is 2. The van der Waals surface area contributed by atoms with E-state index in [1.807, 2.05) is 22.9 Å². The number of hydrogen-bond donors (Lipinski definition) is 1. The number of aromatic nitrogens is 2. The third-order valence-corrected chi connectivity index (χ3v) is 4.82. The zero-order valence-electron chi connectivity index (χ0n) is 15.0. The van der Waals surface area contributed by atoms with Crippen LogP contribution in [-0.2, 0) is 28.9 Å². The van der Waals surface area contributed by atoms with Crippen LogP contribution in [0.2, 0.25) is 0 Å². The minimum absolute atomic E-state index is 0.0176. The first-order valence-corrected chi connectivity index (χ1v) is 9.12. The number of carbonyl (C=O) groups excluding carboxylic acids is 1. The van der Waals surface area contributed by atoms with E-state index in [-0.39, 0.29) is 18.9 Å². The fourth-order valence-corrected chi connectivity index (χ4v) is 3.69. The molecule has 0 aliphatic heterocycles. The number of hydrogen-bond acceptors (Lipinski definition) is 4. The van der Waals surface area contributed by atoms with Gasteiger partial charge in [0.2, 0.25) is 0 Å². The summed E-state index contributed by atoms with van der Waals surface area (Å²) in [5.41, 5.74) is 3.26. The topological polar surface area (TPSA) is 81.4 Å². The van der Waals surface area contributed by atoms with E-state index in [9.17, 15) is 14.7 Å². The summed E-state index contributed by atoms with van der Waals surface area (Å²) in [5, 5.41) is 13.8. The van der Waals surface area contributed by atoms with Gasteiger partial charge in [-0.05, 0) is 44.1 Å². The van der Waals surface area contributed by atoms with E-state index in [0.717, 1.165) is 36.9 Å². The number of carboxylic acid groups (broad SMARTS) is 1. The predicted octanol–water partition coefficient (Wildman–Crippen LogP) is 3.20. The highest BCUT2D eigenvalue weighted by Crippen LogP contribution is 2.36. The van der Waals surface area contributed by atoms with Gasteiger partial charge in [0.15, 0.2) is 5.69 Å². The molecule has 0 radical (unpaired) electrons. The Bertz CT molecular complexity index is 783. The van der Waals surface area contributed by atoms with Gasteiger partial charge in [-0.15, -0.1) is 0 Å². The lowest BCUT2D eigenvalue weighted by Crippen LogP contribution is -2.17. The highest BCUT2D eigenvalue weighted by atomic mass is 16.5. The molecule has 0 fully saturated rings. The number of aryl methyl sites for hydroxylation is 2. The van der Waals surface area contributed by atoms with E-state index in [1.165, 1.54) is 5.56 Å². The molecule has 0 bridgehead atoms. The van der Waals surface area contributed by atoms with Crippen LogP contribution in [0.1, 0.15) is 59.4 Å². The molecule has 1 N–H and O–H groups in total. The first-order valence-electron chi connectivity index (χ1n) is 9.12. The summed E-state index contributed by atoms with van der Waals surface area (Å²) in [4.78, 5) is 23.6. The van der Waals surface area contributed by atoms with Gasteiger partial charge in [-0.1, -0.05) is 30.3 Å². The summed E-state index contributed by atoms with van der Waals surface area (Å²) in [7, 11) is 0. The van der Waals surface area contributed by atoms with Crippen LogP contribution in [0, 0.1) is 0 Å². The van der Waals surface area contributed by atoms with Gasteiger partial charge in [0.25, 0.3) is 0 Å². The van der Waals surface area contributed by atoms with Crippen molar-refractivity contribution in [1.29, 1.82) is 0 Å². The summed E-state index contributed by atoms with van der Waals surface area (Å²) in [6.07, 6.45) is 3.30. The van der Waals surface area contributed by atoms with Crippen LogP contribution in [0.5, 0.6) is 0 Å². The van der Waals surface area contributed by atoms with Crippen LogP contribution < -0.4 is 0 Å². The lowest BCUT2D eigenvalue weighted by Gasteiger charge is -2.22. The summed E-state index contributed by atoms with van der Waals surface area (Å²) >= 11 is 0. The van der Waals surface area contributed by atoms with Crippen LogP contribution in [0.25, 0.3) is 0 Å². The largest absolute Gasteiger partial charge is 0.481 e. The third kappa shape index (κ3) is 3.95. The Balaban J connectivity index is 1.92. The summed E-state index contributed by atoms with van der Waals surface area (Å²) in [6, 6.07) is 10.1. The number of esters is 1. The highest BCUT2D eigenvalue weighted by molar-refractivity contribution is 5.90. The zero-order valence-corrected chi connectivity index (χ0v) is 15.0. The first-order chi connectivity index (χ1) is 12.6. The van der Waals surface area contributed by atoms with Gasteiger partial charge in [0.1, 0.15) is 0 Å². The molecule has 1 aromatic carbocycles. The van der Waals surface area contributed by atoms with Gasteiger partial charge < -0.3 is 9.84 Å². The van der Waals surface area contributed by atoms with Crippen LogP contribution in [0.3, 0.4) is 0 Å². The molecule has 1 aliphatic rings. The number of rotatable bonds is 7. The Morgan fingerprint density at radius 2 is 2.08 bits per heavy atom. The lowest BCUT2D eigenvalue weighted by atomic mass is 9.83. The van der Waals surface area contributed by atoms with E-state index >= 15 is 0 Å².